The third-order valence-corrected chi connectivity index (χ3v) is 4.75. The van der Waals surface area contributed by atoms with Crippen LogP contribution in [0.5, 0.6) is 11.5 Å². The minimum absolute atomic E-state index is 0.115. The van der Waals surface area contributed by atoms with E-state index < -0.39 is 0 Å². The normalized spacial score (nSPS) is 11.3. The summed E-state index contributed by atoms with van der Waals surface area (Å²) in [4.78, 5) is 10.7. The first-order valence-electron chi connectivity index (χ1n) is 7.55. The van der Waals surface area contributed by atoms with Gasteiger partial charge in [-0.25, -0.2) is 9.97 Å². The fraction of sp³-hybridized carbons (Fsp3) is 0.235. The van der Waals surface area contributed by atoms with Crippen LogP contribution in [0.15, 0.2) is 29.6 Å². The first kappa shape index (κ1) is 16.2. The molecular weight excluding hydrogens is 324 g/mol. The van der Waals surface area contributed by atoms with Gasteiger partial charge in [0.1, 0.15) is 11.2 Å². The second-order valence-electron chi connectivity index (χ2n) is 5.22. The molecule has 0 amide bonds. The lowest BCUT2D eigenvalue weighted by molar-refractivity contribution is 0.318. The first-order valence-corrected chi connectivity index (χ1v) is 8.37. The molecule has 124 valence electrons. The van der Waals surface area contributed by atoms with Crippen LogP contribution in [0.1, 0.15) is 22.9 Å². The number of aromatic hydroxyl groups is 1. The number of benzene rings is 1. The Balaban J connectivity index is 1.83. The number of ether oxygens (including phenoxy) is 1. The highest BCUT2D eigenvalue weighted by Gasteiger charge is 2.11. The number of aromatic nitrogens is 2. The van der Waals surface area contributed by atoms with E-state index in [9.17, 15) is 5.11 Å². The van der Waals surface area contributed by atoms with Crippen molar-refractivity contribution in [2.24, 2.45) is 5.10 Å². The zero-order valence-corrected chi connectivity index (χ0v) is 14.5. The molecule has 0 aliphatic rings. The van der Waals surface area contributed by atoms with Crippen LogP contribution in [-0.4, -0.2) is 27.9 Å². The molecule has 3 aromatic rings. The Morgan fingerprint density at radius 1 is 1.33 bits per heavy atom. The van der Waals surface area contributed by atoms with E-state index in [0.717, 1.165) is 21.3 Å². The number of hydrogen-bond donors (Lipinski definition) is 2. The standard InChI is InChI=1S/C17H18N4O2S/c1-4-23-14-7-12(5-6-13(14)22)8-20-21-16-15-10(2)11(3)24-17(15)19-9-18-16/h5-9,22H,4H2,1-3H3,(H,18,19,21)/b20-8-. The lowest BCUT2D eigenvalue weighted by Gasteiger charge is -2.06. The zero-order chi connectivity index (χ0) is 17.1. The van der Waals surface area contributed by atoms with E-state index >= 15 is 0 Å². The quantitative estimate of drug-likeness (QED) is 0.544. The summed E-state index contributed by atoms with van der Waals surface area (Å²) in [5.41, 5.74) is 4.95. The Bertz CT molecular complexity index is 905. The van der Waals surface area contributed by atoms with E-state index in [1.807, 2.05) is 6.92 Å². The van der Waals surface area contributed by atoms with Gasteiger partial charge in [0.05, 0.1) is 18.2 Å². The van der Waals surface area contributed by atoms with Crippen LogP contribution in [0, 0.1) is 13.8 Å². The smallest absolute Gasteiger partial charge is 0.161 e. The van der Waals surface area contributed by atoms with Gasteiger partial charge in [-0.05, 0) is 50.1 Å². The van der Waals surface area contributed by atoms with Gasteiger partial charge in [-0.15, -0.1) is 11.3 Å². The Hall–Kier alpha value is -2.67. The second-order valence-corrected chi connectivity index (χ2v) is 6.42. The molecule has 1 aromatic carbocycles. The number of hydrogen-bond acceptors (Lipinski definition) is 7. The van der Waals surface area contributed by atoms with Crippen molar-refractivity contribution in [3.63, 3.8) is 0 Å². The van der Waals surface area contributed by atoms with E-state index in [4.69, 9.17) is 4.74 Å². The third kappa shape index (κ3) is 3.16. The molecule has 0 fully saturated rings. The van der Waals surface area contributed by atoms with Gasteiger partial charge in [-0.1, -0.05) is 0 Å². The van der Waals surface area contributed by atoms with Gasteiger partial charge >= 0.3 is 0 Å². The van der Waals surface area contributed by atoms with Crippen molar-refractivity contribution >= 4 is 33.6 Å². The average Bonchev–Trinajstić information content (AvgIpc) is 2.86. The number of aryl methyl sites for hydroxylation is 2. The van der Waals surface area contributed by atoms with Crippen molar-refractivity contribution in [3.05, 3.63) is 40.5 Å². The molecule has 0 bridgehead atoms. The van der Waals surface area contributed by atoms with Crippen LogP contribution < -0.4 is 10.2 Å². The van der Waals surface area contributed by atoms with Crippen molar-refractivity contribution in [2.45, 2.75) is 20.8 Å². The van der Waals surface area contributed by atoms with E-state index in [0.29, 0.717) is 18.2 Å². The molecule has 7 heteroatoms. The average molecular weight is 342 g/mol. The molecule has 0 aliphatic carbocycles. The van der Waals surface area contributed by atoms with Gasteiger partial charge in [-0.2, -0.15) is 5.10 Å². The number of thiophene rings is 1. The second kappa shape index (κ2) is 6.84. The molecule has 2 aromatic heterocycles. The Kier molecular flexibility index (Phi) is 4.61. The lowest BCUT2D eigenvalue weighted by atomic mass is 10.2. The predicted molar refractivity (Wildman–Crippen MR) is 97.4 cm³/mol. The number of fused-ring (bicyclic) bond motifs is 1. The molecule has 2 heterocycles. The molecule has 0 radical (unpaired) electrons. The van der Waals surface area contributed by atoms with Gasteiger partial charge in [-0.3, -0.25) is 5.43 Å². The summed E-state index contributed by atoms with van der Waals surface area (Å²) in [5.74, 6) is 1.24. The number of hydrazone groups is 1. The molecule has 0 saturated heterocycles. The van der Waals surface area contributed by atoms with E-state index in [-0.39, 0.29) is 5.75 Å². The number of nitrogens with one attached hydrogen (secondary N) is 1. The van der Waals surface area contributed by atoms with Crippen LogP contribution >= 0.6 is 11.3 Å². The molecule has 24 heavy (non-hydrogen) atoms. The van der Waals surface area contributed by atoms with E-state index in [2.05, 4.69) is 34.3 Å². The minimum Gasteiger partial charge on any atom is -0.504 e. The number of rotatable bonds is 5. The predicted octanol–water partition coefficient (Wildman–Crippen LogP) is 3.86. The largest absolute Gasteiger partial charge is 0.504 e. The Morgan fingerprint density at radius 2 is 2.17 bits per heavy atom. The summed E-state index contributed by atoms with van der Waals surface area (Å²) < 4.78 is 5.37. The van der Waals surface area contributed by atoms with Gasteiger partial charge in [0.15, 0.2) is 17.3 Å². The number of phenolic OH excluding ortho intramolecular Hbond substituents is 1. The van der Waals surface area contributed by atoms with Crippen molar-refractivity contribution in [1.82, 2.24) is 9.97 Å². The molecule has 0 spiro atoms. The maximum absolute atomic E-state index is 9.72. The highest BCUT2D eigenvalue weighted by atomic mass is 32.1. The van der Waals surface area contributed by atoms with Gasteiger partial charge < -0.3 is 9.84 Å². The Morgan fingerprint density at radius 3 is 2.96 bits per heavy atom. The van der Waals surface area contributed by atoms with Crippen molar-refractivity contribution < 1.29 is 9.84 Å². The number of anilines is 1. The highest BCUT2D eigenvalue weighted by Crippen LogP contribution is 2.32. The van der Waals surface area contributed by atoms with Gasteiger partial charge in [0.25, 0.3) is 0 Å². The van der Waals surface area contributed by atoms with Gasteiger partial charge in [0.2, 0.25) is 0 Å². The van der Waals surface area contributed by atoms with E-state index in [1.54, 1.807) is 35.8 Å². The topological polar surface area (TPSA) is 79.6 Å². The molecule has 0 unspecified atom stereocenters. The van der Waals surface area contributed by atoms with Crippen LogP contribution in [0.25, 0.3) is 10.2 Å². The van der Waals surface area contributed by atoms with Gasteiger partial charge in [0, 0.05) is 4.88 Å². The lowest BCUT2D eigenvalue weighted by Crippen LogP contribution is -1.96. The summed E-state index contributed by atoms with van der Waals surface area (Å²) in [5, 5.41) is 15.0. The van der Waals surface area contributed by atoms with Crippen molar-refractivity contribution in [3.8, 4) is 11.5 Å². The number of phenols is 1. The summed E-state index contributed by atoms with van der Waals surface area (Å²) in [6.45, 7) is 6.48. The van der Waals surface area contributed by atoms with Crippen molar-refractivity contribution in [1.29, 1.82) is 0 Å². The molecule has 3 rings (SSSR count). The third-order valence-electron chi connectivity index (χ3n) is 3.63. The van der Waals surface area contributed by atoms with Crippen LogP contribution in [0.2, 0.25) is 0 Å². The molecule has 0 aliphatic heterocycles. The van der Waals surface area contributed by atoms with Crippen LogP contribution in [-0.2, 0) is 0 Å². The fourth-order valence-corrected chi connectivity index (χ4v) is 3.31. The summed E-state index contributed by atoms with van der Waals surface area (Å²) in [6, 6.07) is 5.08. The van der Waals surface area contributed by atoms with Crippen LogP contribution in [0.3, 0.4) is 0 Å². The highest BCUT2D eigenvalue weighted by molar-refractivity contribution is 7.18. The number of nitrogens with zero attached hydrogens (tertiary/aromatic N) is 3. The van der Waals surface area contributed by atoms with Crippen LogP contribution in [0.4, 0.5) is 5.82 Å². The minimum atomic E-state index is 0.115. The van der Waals surface area contributed by atoms with Crippen molar-refractivity contribution in [2.75, 3.05) is 12.0 Å². The monoisotopic (exact) mass is 342 g/mol. The molecular formula is C17H18N4O2S. The summed E-state index contributed by atoms with van der Waals surface area (Å²) in [6.07, 6.45) is 3.19. The first-order chi connectivity index (χ1) is 11.6. The fourth-order valence-electron chi connectivity index (χ4n) is 2.32. The molecule has 0 atom stereocenters. The molecule has 2 N–H and O–H groups in total. The maximum Gasteiger partial charge on any atom is 0.161 e. The molecule has 6 nitrogen and oxygen atoms in total. The Labute approximate surface area is 143 Å². The zero-order valence-electron chi connectivity index (χ0n) is 13.7. The maximum atomic E-state index is 9.72. The summed E-state index contributed by atoms with van der Waals surface area (Å²) in [7, 11) is 0. The summed E-state index contributed by atoms with van der Waals surface area (Å²) >= 11 is 1.64. The SMILES string of the molecule is CCOc1cc(/C=N\Nc2ncnc3sc(C)c(C)c23)ccc1O. The van der Waals surface area contributed by atoms with E-state index in [1.165, 1.54) is 11.2 Å². The molecule has 0 saturated carbocycles.